The van der Waals surface area contributed by atoms with E-state index in [1.54, 1.807) is 0 Å². The van der Waals surface area contributed by atoms with Crippen LogP contribution in [0.15, 0.2) is 17.7 Å². The Morgan fingerprint density at radius 3 is 2.28 bits per heavy atom. The number of phenols is 1. The molecule has 0 aromatic heterocycles. The lowest BCUT2D eigenvalue weighted by Crippen LogP contribution is -2.54. The molecule has 1 aromatic rings. The van der Waals surface area contributed by atoms with Crippen molar-refractivity contribution in [3.8, 4) is 17.2 Å². The summed E-state index contributed by atoms with van der Waals surface area (Å²) in [7, 11) is 2.74. The molecule has 1 fully saturated rings. The van der Waals surface area contributed by atoms with Crippen molar-refractivity contribution >= 4 is 23.9 Å². The molecule has 0 saturated carbocycles. The number of rotatable bonds is 6. The van der Waals surface area contributed by atoms with Gasteiger partial charge in [-0.2, -0.15) is 0 Å². The molecular weight excluding hydrogens is 328 g/mol. The number of phenolic OH excluding ortho intramolecular Hbond substituents is 1. The summed E-state index contributed by atoms with van der Waals surface area (Å²) in [5.41, 5.74) is 0.236. The molecule has 1 saturated heterocycles. The van der Waals surface area contributed by atoms with E-state index in [0.717, 1.165) is 11.3 Å². The van der Waals surface area contributed by atoms with E-state index in [2.05, 4.69) is 5.32 Å². The Bertz CT molecular complexity index is 716. The highest BCUT2D eigenvalue weighted by Gasteiger charge is 2.35. The van der Waals surface area contributed by atoms with Crippen molar-refractivity contribution in [2.75, 3.05) is 20.8 Å². The molecule has 1 aromatic carbocycles. The fraction of sp³-hybridized carbons (Fsp3) is 0.353. The number of benzene rings is 1. The lowest BCUT2D eigenvalue weighted by Gasteiger charge is -2.26. The largest absolute Gasteiger partial charge is 0.502 e. The molecule has 4 amide bonds. The Kier molecular flexibility index (Phi) is 5.63. The number of carbonyl (C=O) groups excluding carboxylic acids is 3. The van der Waals surface area contributed by atoms with Gasteiger partial charge in [-0.25, -0.2) is 4.79 Å². The average Bonchev–Trinajstić information content (AvgIpc) is 2.59. The van der Waals surface area contributed by atoms with Crippen LogP contribution in [0.1, 0.15) is 25.3 Å². The van der Waals surface area contributed by atoms with E-state index in [1.165, 1.54) is 32.4 Å². The number of aromatic hydroxyl groups is 1. The van der Waals surface area contributed by atoms with E-state index in [1.807, 2.05) is 6.92 Å². The van der Waals surface area contributed by atoms with Crippen LogP contribution in [0.25, 0.3) is 6.08 Å². The lowest BCUT2D eigenvalue weighted by atomic mass is 10.1. The van der Waals surface area contributed by atoms with Crippen molar-refractivity contribution < 1.29 is 29.0 Å². The van der Waals surface area contributed by atoms with Crippen LogP contribution in [-0.4, -0.2) is 48.6 Å². The third-order valence-electron chi connectivity index (χ3n) is 3.73. The number of imide groups is 2. The fourth-order valence-electron chi connectivity index (χ4n) is 2.38. The Morgan fingerprint density at radius 1 is 1.16 bits per heavy atom. The van der Waals surface area contributed by atoms with Gasteiger partial charge in [-0.3, -0.25) is 19.8 Å². The molecule has 0 atom stereocenters. The average molecular weight is 348 g/mol. The minimum atomic E-state index is -0.770. The van der Waals surface area contributed by atoms with Crippen LogP contribution in [0.3, 0.4) is 0 Å². The molecule has 134 valence electrons. The summed E-state index contributed by atoms with van der Waals surface area (Å²) >= 11 is 0. The van der Waals surface area contributed by atoms with Crippen LogP contribution < -0.4 is 14.8 Å². The van der Waals surface area contributed by atoms with Crippen LogP contribution in [0, 0.1) is 0 Å². The third-order valence-corrected chi connectivity index (χ3v) is 3.73. The number of ether oxygens (including phenoxy) is 2. The molecule has 0 radical (unpaired) electrons. The Balaban J connectivity index is 2.43. The minimum absolute atomic E-state index is 0.133. The second kappa shape index (κ2) is 7.69. The van der Waals surface area contributed by atoms with E-state index in [9.17, 15) is 19.5 Å². The first-order valence-corrected chi connectivity index (χ1v) is 7.76. The molecule has 1 aliphatic heterocycles. The van der Waals surface area contributed by atoms with E-state index in [4.69, 9.17) is 9.47 Å². The highest BCUT2D eigenvalue weighted by Crippen LogP contribution is 2.37. The fourth-order valence-corrected chi connectivity index (χ4v) is 2.38. The Morgan fingerprint density at radius 2 is 1.76 bits per heavy atom. The Hall–Kier alpha value is -3.03. The summed E-state index contributed by atoms with van der Waals surface area (Å²) in [4.78, 5) is 37.4. The quantitative estimate of drug-likeness (QED) is 0.598. The molecular formula is C17H20N2O6. The minimum Gasteiger partial charge on any atom is -0.502 e. The maximum atomic E-state index is 12.5. The predicted molar refractivity (Wildman–Crippen MR) is 89.3 cm³/mol. The van der Waals surface area contributed by atoms with Crippen molar-refractivity contribution in [1.29, 1.82) is 0 Å². The smallest absolute Gasteiger partial charge is 0.331 e. The Labute approximate surface area is 145 Å². The molecule has 0 aliphatic carbocycles. The number of unbranched alkanes of at least 4 members (excludes halogenated alkanes) is 1. The van der Waals surface area contributed by atoms with E-state index in [-0.39, 0.29) is 29.4 Å². The number of methoxy groups -OCH3 is 2. The number of hydrogen-bond donors (Lipinski definition) is 2. The van der Waals surface area contributed by atoms with Gasteiger partial charge in [0.1, 0.15) is 5.57 Å². The molecule has 8 heteroatoms. The van der Waals surface area contributed by atoms with E-state index in [0.29, 0.717) is 12.0 Å². The molecule has 0 bridgehead atoms. The number of hydrogen-bond acceptors (Lipinski definition) is 6. The molecule has 1 heterocycles. The summed E-state index contributed by atoms with van der Waals surface area (Å²) in [6, 6.07) is 2.19. The van der Waals surface area contributed by atoms with Gasteiger partial charge in [-0.1, -0.05) is 13.3 Å². The molecule has 25 heavy (non-hydrogen) atoms. The number of barbiturate groups is 1. The normalized spacial score (nSPS) is 16.2. The summed E-state index contributed by atoms with van der Waals surface area (Å²) in [6.07, 6.45) is 2.77. The van der Waals surface area contributed by atoms with Crippen LogP contribution in [-0.2, 0) is 9.59 Å². The number of urea groups is 1. The predicted octanol–water partition coefficient (Wildman–Crippen LogP) is 1.67. The molecule has 0 unspecified atom stereocenters. The number of nitrogens with one attached hydrogen (secondary N) is 1. The zero-order valence-corrected chi connectivity index (χ0v) is 14.3. The zero-order chi connectivity index (χ0) is 18.6. The van der Waals surface area contributed by atoms with E-state index < -0.39 is 17.8 Å². The van der Waals surface area contributed by atoms with Gasteiger partial charge in [-0.15, -0.1) is 0 Å². The van der Waals surface area contributed by atoms with Gasteiger partial charge in [0.25, 0.3) is 11.8 Å². The van der Waals surface area contributed by atoms with Crippen molar-refractivity contribution in [2.45, 2.75) is 19.8 Å². The van der Waals surface area contributed by atoms with Crippen molar-refractivity contribution in [3.63, 3.8) is 0 Å². The van der Waals surface area contributed by atoms with Crippen molar-refractivity contribution in [3.05, 3.63) is 23.3 Å². The maximum Gasteiger partial charge on any atom is 0.331 e. The third kappa shape index (κ3) is 3.73. The first kappa shape index (κ1) is 18.3. The van der Waals surface area contributed by atoms with Crippen LogP contribution in [0.2, 0.25) is 0 Å². The summed E-state index contributed by atoms with van der Waals surface area (Å²) in [5, 5.41) is 12.1. The molecule has 8 nitrogen and oxygen atoms in total. The first-order chi connectivity index (χ1) is 11.9. The zero-order valence-electron chi connectivity index (χ0n) is 14.3. The highest BCUT2D eigenvalue weighted by molar-refractivity contribution is 6.31. The molecule has 0 spiro atoms. The van der Waals surface area contributed by atoms with E-state index >= 15 is 0 Å². The van der Waals surface area contributed by atoms with Crippen LogP contribution in [0.4, 0.5) is 4.79 Å². The second-order valence-electron chi connectivity index (χ2n) is 5.40. The maximum absolute atomic E-state index is 12.5. The number of nitrogens with zero attached hydrogens (tertiary/aromatic N) is 1. The summed E-state index contributed by atoms with van der Waals surface area (Å²) < 4.78 is 10.1. The first-order valence-electron chi connectivity index (χ1n) is 7.76. The molecule has 2 rings (SSSR count). The van der Waals surface area contributed by atoms with Gasteiger partial charge in [0.2, 0.25) is 5.75 Å². The van der Waals surface area contributed by atoms with Gasteiger partial charge >= 0.3 is 6.03 Å². The molecule has 1 aliphatic rings. The standard InChI is InChI=1S/C17H20N2O6/c1-4-5-6-19-16(22)11(15(21)18-17(19)23)7-10-8-12(24-2)14(20)13(9-10)25-3/h7-9,20H,4-6H2,1-3H3,(H,18,21,23). The van der Waals surface area contributed by atoms with Crippen LogP contribution >= 0.6 is 0 Å². The number of carbonyl (C=O) groups is 3. The van der Waals surface area contributed by atoms with Crippen LogP contribution in [0.5, 0.6) is 17.2 Å². The highest BCUT2D eigenvalue weighted by atomic mass is 16.5. The van der Waals surface area contributed by atoms with Crippen molar-refractivity contribution in [2.24, 2.45) is 0 Å². The number of amides is 4. The van der Waals surface area contributed by atoms with Gasteiger partial charge < -0.3 is 14.6 Å². The lowest BCUT2D eigenvalue weighted by molar-refractivity contribution is -0.130. The topological polar surface area (TPSA) is 105 Å². The second-order valence-corrected chi connectivity index (χ2v) is 5.40. The summed E-state index contributed by atoms with van der Waals surface area (Å²) in [5.74, 6) is -1.35. The van der Waals surface area contributed by atoms with Crippen molar-refractivity contribution in [1.82, 2.24) is 10.2 Å². The van der Waals surface area contributed by atoms with Gasteiger partial charge in [0.15, 0.2) is 11.5 Å². The summed E-state index contributed by atoms with van der Waals surface area (Å²) in [6.45, 7) is 2.16. The monoisotopic (exact) mass is 348 g/mol. The SMILES string of the molecule is CCCCN1C(=O)NC(=O)C(=Cc2cc(OC)c(O)c(OC)c2)C1=O. The molecule has 2 N–H and O–H groups in total. The van der Waals surface area contributed by atoms with Gasteiger partial charge in [0.05, 0.1) is 14.2 Å². The van der Waals surface area contributed by atoms with Gasteiger partial charge in [0, 0.05) is 6.54 Å². The van der Waals surface area contributed by atoms with Gasteiger partial charge in [-0.05, 0) is 30.2 Å².